The van der Waals surface area contributed by atoms with Crippen molar-refractivity contribution in [3.8, 4) is 0 Å². The number of aryl methyl sites for hydroxylation is 1. The highest BCUT2D eigenvalue weighted by atomic mass is 35.5. The van der Waals surface area contributed by atoms with Gasteiger partial charge in [0.1, 0.15) is 0 Å². The van der Waals surface area contributed by atoms with Gasteiger partial charge in [0.2, 0.25) is 0 Å². The number of fused-ring (bicyclic) bond motifs is 1. The lowest BCUT2D eigenvalue weighted by Gasteiger charge is -2.27. The number of benzene rings is 3. The molecule has 0 aromatic heterocycles. The van der Waals surface area contributed by atoms with Crippen LogP contribution in [0.25, 0.3) is 0 Å². The van der Waals surface area contributed by atoms with Crippen molar-refractivity contribution in [3.63, 3.8) is 0 Å². The van der Waals surface area contributed by atoms with E-state index in [1.807, 2.05) is 35.2 Å². The summed E-state index contributed by atoms with van der Waals surface area (Å²) in [6, 6.07) is 20.3. The molecule has 0 aliphatic carbocycles. The zero-order chi connectivity index (χ0) is 24.3. The summed E-state index contributed by atoms with van der Waals surface area (Å²) in [5.74, 6) is 0.0474. The van der Waals surface area contributed by atoms with E-state index in [2.05, 4.69) is 56.4 Å². The Hall–Kier alpha value is -2.49. The van der Waals surface area contributed by atoms with Crippen LogP contribution >= 0.6 is 23.2 Å². The third-order valence-corrected chi connectivity index (χ3v) is 7.18. The lowest BCUT2D eigenvalue weighted by Crippen LogP contribution is -2.33. The lowest BCUT2D eigenvalue weighted by atomic mass is 9.87. The van der Waals surface area contributed by atoms with Crippen LogP contribution in [-0.2, 0) is 24.8 Å². The predicted octanol–water partition coefficient (Wildman–Crippen LogP) is 7.53. The number of amides is 1. The average Bonchev–Trinajstić information content (AvgIpc) is 2.83. The van der Waals surface area contributed by atoms with Crippen molar-refractivity contribution in [2.45, 2.75) is 52.0 Å². The van der Waals surface area contributed by atoms with E-state index < -0.39 is 0 Å². The maximum atomic E-state index is 13.8. The predicted molar refractivity (Wildman–Crippen MR) is 143 cm³/mol. The minimum Gasteiger partial charge on any atom is -0.384 e. The van der Waals surface area contributed by atoms with Crippen LogP contribution in [0.1, 0.15) is 59.8 Å². The van der Waals surface area contributed by atoms with Crippen LogP contribution in [0.5, 0.6) is 0 Å². The van der Waals surface area contributed by atoms with E-state index in [1.165, 1.54) is 11.1 Å². The molecule has 1 aliphatic heterocycles. The molecule has 1 N–H and O–H groups in total. The van der Waals surface area contributed by atoms with Crippen LogP contribution in [0.4, 0.5) is 5.69 Å². The molecule has 1 heterocycles. The van der Waals surface area contributed by atoms with Gasteiger partial charge in [-0.3, -0.25) is 4.79 Å². The Morgan fingerprint density at radius 2 is 1.71 bits per heavy atom. The van der Waals surface area contributed by atoms with Crippen molar-refractivity contribution < 1.29 is 4.79 Å². The van der Waals surface area contributed by atoms with E-state index >= 15 is 0 Å². The molecule has 3 aromatic rings. The Kier molecular flexibility index (Phi) is 7.54. The Morgan fingerprint density at radius 1 is 0.971 bits per heavy atom. The topological polar surface area (TPSA) is 32.3 Å². The number of halogens is 2. The van der Waals surface area contributed by atoms with Gasteiger partial charge in [-0.15, -0.1) is 0 Å². The van der Waals surface area contributed by atoms with Crippen LogP contribution in [0.3, 0.4) is 0 Å². The maximum absolute atomic E-state index is 13.8. The first kappa shape index (κ1) is 24.6. The third kappa shape index (κ3) is 5.76. The average molecular weight is 495 g/mol. The molecule has 4 rings (SSSR count). The molecule has 0 saturated heterocycles. The van der Waals surface area contributed by atoms with E-state index in [1.54, 1.807) is 0 Å². The molecule has 34 heavy (non-hydrogen) atoms. The standard InChI is InChI=1S/C29H32Cl2N2O/c1-29(2,3)23-12-9-21(10-13-23)19-33(17-15-20-11-14-25(30)26(31)18-20)28(34)24-8-4-6-22-7-5-16-32-27(22)24/h4,6,8-14,18,32H,5,7,15-17,19H2,1-3H3. The van der Waals surface area contributed by atoms with Crippen molar-refractivity contribution in [1.82, 2.24) is 4.90 Å². The summed E-state index contributed by atoms with van der Waals surface area (Å²) >= 11 is 12.3. The number of rotatable bonds is 6. The van der Waals surface area contributed by atoms with Crippen LogP contribution in [0, 0.1) is 0 Å². The van der Waals surface area contributed by atoms with Gasteiger partial charge in [-0.2, -0.15) is 0 Å². The fourth-order valence-corrected chi connectivity index (χ4v) is 4.72. The summed E-state index contributed by atoms with van der Waals surface area (Å²) < 4.78 is 0. The molecule has 3 aromatic carbocycles. The molecule has 0 spiro atoms. The molecule has 1 amide bonds. The minimum absolute atomic E-state index is 0.0474. The number of anilines is 1. The zero-order valence-corrected chi connectivity index (χ0v) is 21.6. The minimum atomic E-state index is 0.0474. The Labute approximate surface area is 213 Å². The molecule has 0 unspecified atom stereocenters. The maximum Gasteiger partial charge on any atom is 0.256 e. The molecular weight excluding hydrogens is 463 g/mol. The summed E-state index contributed by atoms with van der Waals surface area (Å²) in [5.41, 5.74) is 6.51. The monoisotopic (exact) mass is 494 g/mol. The molecule has 0 saturated carbocycles. The van der Waals surface area contributed by atoms with Crippen LogP contribution in [0.2, 0.25) is 10.0 Å². The van der Waals surface area contributed by atoms with Gasteiger partial charge >= 0.3 is 0 Å². The first-order chi connectivity index (χ1) is 16.2. The van der Waals surface area contributed by atoms with Gasteiger partial charge in [0.25, 0.3) is 5.91 Å². The number of para-hydroxylation sites is 1. The number of nitrogens with zero attached hydrogens (tertiary/aromatic N) is 1. The van der Waals surface area contributed by atoms with E-state index in [0.29, 0.717) is 29.6 Å². The van der Waals surface area contributed by atoms with E-state index in [9.17, 15) is 4.79 Å². The molecule has 0 radical (unpaired) electrons. The number of hydrogen-bond acceptors (Lipinski definition) is 2. The smallest absolute Gasteiger partial charge is 0.256 e. The van der Waals surface area contributed by atoms with Crippen LogP contribution in [-0.4, -0.2) is 23.9 Å². The molecule has 0 atom stereocenters. The highest BCUT2D eigenvalue weighted by Gasteiger charge is 2.23. The number of carbonyl (C=O) groups excluding carboxylic acids is 1. The third-order valence-electron chi connectivity index (χ3n) is 6.44. The van der Waals surface area contributed by atoms with Gasteiger partial charge in [-0.25, -0.2) is 0 Å². The first-order valence-electron chi connectivity index (χ1n) is 11.9. The summed E-state index contributed by atoms with van der Waals surface area (Å²) in [5, 5.41) is 4.54. The second-order valence-corrected chi connectivity index (χ2v) is 10.9. The van der Waals surface area contributed by atoms with Crippen molar-refractivity contribution in [2.24, 2.45) is 0 Å². The fraction of sp³-hybridized carbons (Fsp3) is 0.345. The second kappa shape index (κ2) is 10.4. The normalized spacial score (nSPS) is 13.2. The highest BCUT2D eigenvalue weighted by molar-refractivity contribution is 6.42. The van der Waals surface area contributed by atoms with Gasteiger partial charge in [-0.05, 0) is 65.1 Å². The van der Waals surface area contributed by atoms with Gasteiger partial charge in [0.15, 0.2) is 0 Å². The quantitative estimate of drug-likeness (QED) is 0.383. The summed E-state index contributed by atoms with van der Waals surface area (Å²) in [6.45, 7) is 8.66. The highest BCUT2D eigenvalue weighted by Crippen LogP contribution is 2.29. The van der Waals surface area contributed by atoms with Gasteiger partial charge < -0.3 is 10.2 Å². The van der Waals surface area contributed by atoms with Crippen molar-refractivity contribution >= 4 is 34.8 Å². The zero-order valence-electron chi connectivity index (χ0n) is 20.1. The first-order valence-corrected chi connectivity index (χ1v) is 12.7. The fourth-order valence-electron chi connectivity index (χ4n) is 4.40. The number of nitrogens with one attached hydrogen (secondary N) is 1. The largest absolute Gasteiger partial charge is 0.384 e. The van der Waals surface area contributed by atoms with Gasteiger partial charge in [0.05, 0.1) is 21.3 Å². The Balaban J connectivity index is 1.60. The number of hydrogen-bond donors (Lipinski definition) is 1. The molecule has 178 valence electrons. The van der Waals surface area contributed by atoms with E-state index in [4.69, 9.17) is 23.2 Å². The number of carbonyl (C=O) groups is 1. The van der Waals surface area contributed by atoms with Crippen LogP contribution < -0.4 is 5.32 Å². The SMILES string of the molecule is CC(C)(C)c1ccc(CN(CCc2ccc(Cl)c(Cl)c2)C(=O)c2cccc3c2NCCC3)cc1. The van der Waals surface area contributed by atoms with Gasteiger partial charge in [-0.1, -0.05) is 86.4 Å². The molecular formula is C29H32Cl2N2O. The van der Waals surface area contributed by atoms with Crippen molar-refractivity contribution in [1.29, 1.82) is 0 Å². The van der Waals surface area contributed by atoms with E-state index in [-0.39, 0.29) is 11.3 Å². The van der Waals surface area contributed by atoms with Crippen molar-refractivity contribution in [3.05, 3.63) is 98.5 Å². The molecule has 1 aliphatic rings. The Bertz CT molecular complexity index is 1170. The summed E-state index contributed by atoms with van der Waals surface area (Å²) in [4.78, 5) is 15.8. The molecule has 5 heteroatoms. The summed E-state index contributed by atoms with van der Waals surface area (Å²) in [7, 11) is 0. The van der Waals surface area contributed by atoms with Crippen molar-refractivity contribution in [2.75, 3.05) is 18.4 Å². The van der Waals surface area contributed by atoms with Crippen LogP contribution in [0.15, 0.2) is 60.7 Å². The second-order valence-electron chi connectivity index (χ2n) is 10.0. The summed E-state index contributed by atoms with van der Waals surface area (Å²) in [6.07, 6.45) is 2.79. The van der Waals surface area contributed by atoms with Gasteiger partial charge in [0, 0.05) is 19.6 Å². The Morgan fingerprint density at radius 3 is 2.41 bits per heavy atom. The molecule has 3 nitrogen and oxygen atoms in total. The van der Waals surface area contributed by atoms with E-state index in [0.717, 1.165) is 41.8 Å². The lowest BCUT2D eigenvalue weighted by molar-refractivity contribution is 0.0746. The molecule has 0 fully saturated rings. The molecule has 0 bridgehead atoms.